The fourth-order valence-electron chi connectivity index (χ4n) is 2.47. The van der Waals surface area contributed by atoms with Crippen LogP contribution in [0.25, 0.3) is 0 Å². The molecule has 0 aromatic heterocycles. The molecule has 1 aromatic rings. The van der Waals surface area contributed by atoms with E-state index in [9.17, 15) is 0 Å². The quantitative estimate of drug-likeness (QED) is 0.892. The van der Waals surface area contributed by atoms with E-state index in [-0.39, 0.29) is 0 Å². The maximum atomic E-state index is 6.09. The Morgan fingerprint density at radius 1 is 1.47 bits per heavy atom. The Kier molecular flexibility index (Phi) is 4.94. The number of hydrogen-bond donors (Lipinski definition) is 1. The van der Waals surface area contributed by atoms with E-state index < -0.39 is 0 Å². The highest BCUT2D eigenvalue weighted by molar-refractivity contribution is 6.30. The first-order chi connectivity index (χ1) is 9.10. The van der Waals surface area contributed by atoms with Crippen molar-refractivity contribution in [2.75, 3.05) is 25.5 Å². The normalized spacial score (nSPS) is 23.6. The Morgan fingerprint density at radius 2 is 2.26 bits per heavy atom. The number of halogens is 1. The predicted octanol–water partition coefficient (Wildman–Crippen LogP) is 3.63. The van der Waals surface area contributed by atoms with E-state index in [0.29, 0.717) is 12.1 Å². The second kappa shape index (κ2) is 6.49. The van der Waals surface area contributed by atoms with Gasteiger partial charge in [0.15, 0.2) is 0 Å². The number of hydrogen-bond acceptors (Lipinski definition) is 3. The summed E-state index contributed by atoms with van der Waals surface area (Å²) in [4.78, 5) is 2.37. The van der Waals surface area contributed by atoms with Crippen molar-refractivity contribution in [3.63, 3.8) is 0 Å². The number of rotatable bonds is 5. The summed E-state index contributed by atoms with van der Waals surface area (Å²) in [6.45, 7) is 6.16. The molecule has 0 amide bonds. The van der Waals surface area contributed by atoms with Gasteiger partial charge in [-0.05, 0) is 45.0 Å². The molecule has 19 heavy (non-hydrogen) atoms. The van der Waals surface area contributed by atoms with E-state index in [1.165, 1.54) is 0 Å². The van der Waals surface area contributed by atoms with Gasteiger partial charge in [0.25, 0.3) is 0 Å². The summed E-state index contributed by atoms with van der Waals surface area (Å²) in [5.74, 6) is 0.897. The highest BCUT2D eigenvalue weighted by Gasteiger charge is 2.26. The Bertz CT molecular complexity index is 415. The van der Waals surface area contributed by atoms with Crippen LogP contribution in [0.5, 0.6) is 5.75 Å². The standard InChI is InChI=1S/C15H23ClN2O/c1-4-7-19-15-6-5-12(16)9-14(15)17-13-8-11(2)18(3)10-13/h5-6,9,11,13,17H,4,7-8,10H2,1-3H3. The highest BCUT2D eigenvalue weighted by Crippen LogP contribution is 2.30. The third kappa shape index (κ3) is 3.77. The molecule has 106 valence electrons. The summed E-state index contributed by atoms with van der Waals surface area (Å²) in [6, 6.07) is 6.86. The lowest BCUT2D eigenvalue weighted by molar-refractivity contribution is 0.318. The first-order valence-corrected chi connectivity index (χ1v) is 7.37. The van der Waals surface area contributed by atoms with Crippen molar-refractivity contribution < 1.29 is 4.74 Å². The SMILES string of the molecule is CCCOc1ccc(Cl)cc1NC1CC(C)N(C)C1. The Morgan fingerprint density at radius 3 is 2.89 bits per heavy atom. The van der Waals surface area contributed by atoms with Crippen LogP contribution in [0.1, 0.15) is 26.7 Å². The van der Waals surface area contributed by atoms with Crippen LogP contribution in [0.3, 0.4) is 0 Å². The molecule has 1 aliphatic rings. The average molecular weight is 283 g/mol. The Hall–Kier alpha value is -0.930. The summed E-state index contributed by atoms with van der Waals surface area (Å²) in [5, 5.41) is 4.31. The zero-order chi connectivity index (χ0) is 13.8. The minimum Gasteiger partial charge on any atom is -0.491 e. The van der Waals surface area contributed by atoms with Crippen molar-refractivity contribution in [1.29, 1.82) is 0 Å². The molecule has 1 aliphatic heterocycles. The van der Waals surface area contributed by atoms with Gasteiger partial charge in [0.05, 0.1) is 12.3 Å². The number of ether oxygens (including phenoxy) is 1. The Balaban J connectivity index is 2.07. The minimum absolute atomic E-state index is 0.461. The molecule has 1 saturated heterocycles. The van der Waals surface area contributed by atoms with E-state index in [2.05, 4.69) is 31.1 Å². The zero-order valence-corrected chi connectivity index (χ0v) is 12.7. The first-order valence-electron chi connectivity index (χ1n) is 6.99. The van der Waals surface area contributed by atoms with E-state index >= 15 is 0 Å². The minimum atomic E-state index is 0.461. The molecule has 0 spiro atoms. The third-order valence-electron chi connectivity index (χ3n) is 3.65. The van der Waals surface area contributed by atoms with E-state index in [1.54, 1.807) is 0 Å². The van der Waals surface area contributed by atoms with E-state index in [1.807, 2.05) is 18.2 Å². The number of nitrogens with zero attached hydrogens (tertiary/aromatic N) is 1. The summed E-state index contributed by atoms with van der Waals surface area (Å²) >= 11 is 6.09. The maximum Gasteiger partial charge on any atom is 0.142 e. The van der Waals surface area contributed by atoms with Crippen molar-refractivity contribution in [3.8, 4) is 5.75 Å². The maximum absolute atomic E-state index is 6.09. The van der Waals surface area contributed by atoms with Gasteiger partial charge >= 0.3 is 0 Å². The van der Waals surface area contributed by atoms with Gasteiger partial charge in [-0.3, -0.25) is 0 Å². The van der Waals surface area contributed by atoms with Crippen molar-refractivity contribution >= 4 is 17.3 Å². The summed E-state index contributed by atoms with van der Waals surface area (Å²) in [6.07, 6.45) is 2.15. The van der Waals surface area contributed by atoms with E-state index in [0.717, 1.165) is 42.5 Å². The van der Waals surface area contributed by atoms with Crippen molar-refractivity contribution in [3.05, 3.63) is 23.2 Å². The van der Waals surface area contributed by atoms with Crippen LogP contribution in [0, 0.1) is 0 Å². The fourth-order valence-corrected chi connectivity index (χ4v) is 2.64. The van der Waals surface area contributed by atoms with Gasteiger partial charge in [-0.15, -0.1) is 0 Å². The molecule has 0 bridgehead atoms. The topological polar surface area (TPSA) is 24.5 Å². The van der Waals surface area contributed by atoms with Gasteiger partial charge in [-0.2, -0.15) is 0 Å². The van der Waals surface area contributed by atoms with Crippen LogP contribution < -0.4 is 10.1 Å². The van der Waals surface area contributed by atoms with Crippen molar-refractivity contribution in [2.45, 2.75) is 38.8 Å². The van der Waals surface area contributed by atoms with Crippen LogP contribution in [0.15, 0.2) is 18.2 Å². The van der Waals surface area contributed by atoms with Crippen LogP contribution in [0.2, 0.25) is 5.02 Å². The largest absolute Gasteiger partial charge is 0.491 e. The van der Waals surface area contributed by atoms with Gasteiger partial charge in [-0.1, -0.05) is 18.5 Å². The highest BCUT2D eigenvalue weighted by atomic mass is 35.5. The molecular weight excluding hydrogens is 260 g/mol. The number of likely N-dealkylation sites (tertiary alicyclic amines) is 1. The molecule has 1 aromatic carbocycles. The molecule has 0 aliphatic carbocycles. The third-order valence-corrected chi connectivity index (χ3v) is 3.88. The smallest absolute Gasteiger partial charge is 0.142 e. The van der Waals surface area contributed by atoms with Gasteiger partial charge in [0.1, 0.15) is 5.75 Å². The van der Waals surface area contributed by atoms with Crippen LogP contribution >= 0.6 is 11.6 Å². The molecule has 0 saturated carbocycles. The molecule has 2 unspecified atom stereocenters. The second-order valence-corrected chi connectivity index (χ2v) is 5.79. The van der Waals surface area contributed by atoms with Crippen LogP contribution in [-0.2, 0) is 0 Å². The van der Waals surface area contributed by atoms with Crippen LogP contribution in [0.4, 0.5) is 5.69 Å². The van der Waals surface area contributed by atoms with E-state index in [4.69, 9.17) is 16.3 Å². The lowest BCUT2D eigenvalue weighted by atomic mass is 10.2. The van der Waals surface area contributed by atoms with Gasteiger partial charge < -0.3 is 15.0 Å². The molecule has 1 N–H and O–H groups in total. The number of nitrogens with one attached hydrogen (secondary N) is 1. The molecule has 1 fully saturated rings. The summed E-state index contributed by atoms with van der Waals surface area (Å²) in [5.41, 5.74) is 1.01. The monoisotopic (exact) mass is 282 g/mol. The molecule has 1 heterocycles. The average Bonchev–Trinajstić information content (AvgIpc) is 2.67. The summed E-state index contributed by atoms with van der Waals surface area (Å²) in [7, 11) is 2.17. The molecule has 3 nitrogen and oxygen atoms in total. The number of benzene rings is 1. The molecule has 4 heteroatoms. The first kappa shape index (κ1) is 14.5. The van der Waals surface area contributed by atoms with Gasteiger partial charge in [0, 0.05) is 23.7 Å². The van der Waals surface area contributed by atoms with Crippen molar-refractivity contribution in [1.82, 2.24) is 4.90 Å². The summed E-state index contributed by atoms with van der Waals surface area (Å²) < 4.78 is 5.77. The van der Waals surface area contributed by atoms with Crippen LogP contribution in [-0.4, -0.2) is 37.2 Å². The zero-order valence-electron chi connectivity index (χ0n) is 11.9. The molecular formula is C15H23ClN2O. The molecule has 0 radical (unpaired) electrons. The lowest BCUT2D eigenvalue weighted by Gasteiger charge is -2.18. The number of likely N-dealkylation sites (N-methyl/N-ethyl adjacent to an activating group) is 1. The van der Waals surface area contributed by atoms with Gasteiger partial charge in [0.2, 0.25) is 0 Å². The fraction of sp³-hybridized carbons (Fsp3) is 0.600. The molecule has 2 rings (SSSR count). The lowest BCUT2D eigenvalue weighted by Crippen LogP contribution is -2.25. The predicted molar refractivity (Wildman–Crippen MR) is 81.4 cm³/mol. The Labute approximate surface area is 120 Å². The molecule has 2 atom stereocenters. The van der Waals surface area contributed by atoms with Gasteiger partial charge in [-0.25, -0.2) is 0 Å². The van der Waals surface area contributed by atoms with Crippen molar-refractivity contribution in [2.24, 2.45) is 0 Å². The second-order valence-electron chi connectivity index (χ2n) is 5.35. The number of anilines is 1.